The molecule has 0 saturated heterocycles. The third kappa shape index (κ3) is 1.07. The van der Waals surface area contributed by atoms with Crippen LogP contribution in [0.1, 0.15) is 0 Å². The maximum Gasteiger partial charge on any atom is 0.203 e. The van der Waals surface area contributed by atoms with Crippen molar-refractivity contribution in [2.75, 3.05) is 5.73 Å². The zero-order valence-corrected chi connectivity index (χ0v) is 6.30. The molecule has 0 fully saturated rings. The molecular weight excluding hydrogens is 162 g/mol. The Balaban J connectivity index is 2.45. The van der Waals surface area contributed by atoms with Gasteiger partial charge in [-0.25, -0.2) is 4.98 Å². The molecule has 0 saturated carbocycles. The predicted octanol–water partition coefficient (Wildman–Crippen LogP) is 0.510. The summed E-state index contributed by atoms with van der Waals surface area (Å²) in [6, 6.07) is 0. The fourth-order valence-electron chi connectivity index (χ4n) is 0.712. The van der Waals surface area contributed by atoms with Crippen LogP contribution in [0.3, 0.4) is 0 Å². The van der Waals surface area contributed by atoms with Gasteiger partial charge in [0.2, 0.25) is 5.13 Å². The van der Waals surface area contributed by atoms with Crippen molar-refractivity contribution in [3.63, 3.8) is 0 Å². The summed E-state index contributed by atoms with van der Waals surface area (Å²) in [6.07, 6.45) is 3.39. The quantitative estimate of drug-likeness (QED) is 0.648. The third-order valence-corrected chi connectivity index (χ3v) is 1.90. The highest BCUT2D eigenvalue weighted by Crippen LogP contribution is 2.20. The summed E-state index contributed by atoms with van der Waals surface area (Å²) in [5.74, 6) is 0.708. The summed E-state index contributed by atoms with van der Waals surface area (Å²) in [4.78, 5) is 6.90. The maximum atomic E-state index is 5.39. The Hall–Kier alpha value is -1.43. The third-order valence-electron chi connectivity index (χ3n) is 1.14. The van der Waals surface area contributed by atoms with Crippen molar-refractivity contribution in [1.82, 2.24) is 20.2 Å². The van der Waals surface area contributed by atoms with Gasteiger partial charge in [0.05, 0.1) is 0 Å². The van der Waals surface area contributed by atoms with Crippen LogP contribution >= 0.6 is 11.3 Å². The van der Waals surface area contributed by atoms with Gasteiger partial charge < -0.3 is 10.7 Å². The maximum absolute atomic E-state index is 5.39. The Bertz CT molecular complexity index is 337. The van der Waals surface area contributed by atoms with Crippen LogP contribution < -0.4 is 5.73 Å². The number of nitrogens with two attached hydrogens (primary N) is 1. The van der Waals surface area contributed by atoms with Gasteiger partial charge >= 0.3 is 0 Å². The molecule has 0 aliphatic rings. The average Bonchev–Trinajstić information content (AvgIpc) is 2.55. The molecule has 2 heterocycles. The Morgan fingerprint density at radius 2 is 2.36 bits per heavy atom. The molecule has 0 spiro atoms. The first-order valence-corrected chi connectivity index (χ1v) is 3.76. The molecule has 0 aromatic carbocycles. The fourth-order valence-corrected chi connectivity index (χ4v) is 1.28. The Kier molecular flexibility index (Phi) is 1.32. The van der Waals surface area contributed by atoms with E-state index in [1.807, 2.05) is 0 Å². The summed E-state index contributed by atoms with van der Waals surface area (Å²) >= 11 is 1.31. The molecule has 0 atom stereocenters. The van der Waals surface area contributed by atoms with Gasteiger partial charge in [-0.15, -0.1) is 10.2 Å². The van der Waals surface area contributed by atoms with Crippen LogP contribution in [0.2, 0.25) is 0 Å². The molecule has 2 aromatic rings. The van der Waals surface area contributed by atoms with E-state index in [-0.39, 0.29) is 0 Å². The molecular formula is C5H5N5S. The van der Waals surface area contributed by atoms with Gasteiger partial charge in [0.25, 0.3) is 0 Å². The predicted molar refractivity (Wildman–Crippen MR) is 41.9 cm³/mol. The van der Waals surface area contributed by atoms with E-state index >= 15 is 0 Å². The molecule has 2 aromatic heterocycles. The lowest BCUT2D eigenvalue weighted by Gasteiger charge is -1.82. The molecule has 2 rings (SSSR count). The number of aromatic amines is 1. The molecule has 3 N–H and O–H groups in total. The van der Waals surface area contributed by atoms with E-state index in [0.717, 1.165) is 0 Å². The number of imidazole rings is 1. The topological polar surface area (TPSA) is 80.5 Å². The minimum Gasteiger partial charge on any atom is -0.374 e. The highest BCUT2D eigenvalue weighted by atomic mass is 32.1. The van der Waals surface area contributed by atoms with Crippen LogP contribution in [0.4, 0.5) is 5.13 Å². The Labute approximate surface area is 66.3 Å². The normalized spacial score (nSPS) is 10.2. The van der Waals surface area contributed by atoms with Crippen molar-refractivity contribution in [2.45, 2.75) is 0 Å². The SMILES string of the molecule is Nc1nnc(-c2ncc[nH]2)s1. The molecule has 5 nitrogen and oxygen atoms in total. The molecule has 0 radical (unpaired) electrons. The zero-order valence-electron chi connectivity index (χ0n) is 5.48. The number of aromatic nitrogens is 4. The summed E-state index contributed by atoms with van der Waals surface area (Å²) in [5.41, 5.74) is 5.39. The van der Waals surface area contributed by atoms with Crippen molar-refractivity contribution in [3.8, 4) is 10.8 Å². The number of rotatable bonds is 1. The van der Waals surface area contributed by atoms with E-state index in [1.54, 1.807) is 12.4 Å². The minimum atomic E-state index is 0.455. The monoisotopic (exact) mass is 167 g/mol. The van der Waals surface area contributed by atoms with E-state index < -0.39 is 0 Å². The summed E-state index contributed by atoms with van der Waals surface area (Å²) < 4.78 is 0. The molecule has 0 aliphatic carbocycles. The van der Waals surface area contributed by atoms with Crippen LogP contribution in [-0.4, -0.2) is 20.2 Å². The van der Waals surface area contributed by atoms with Crippen molar-refractivity contribution >= 4 is 16.5 Å². The van der Waals surface area contributed by atoms with Gasteiger partial charge in [-0.3, -0.25) is 0 Å². The standard InChI is InChI=1S/C5H5N5S/c6-5-10-9-4(11-5)3-7-1-2-8-3/h1-2H,(H2,6,10)(H,7,8). The van der Waals surface area contributed by atoms with Crippen molar-refractivity contribution in [2.24, 2.45) is 0 Å². The lowest BCUT2D eigenvalue weighted by atomic mass is 10.7. The molecule has 0 aliphatic heterocycles. The smallest absolute Gasteiger partial charge is 0.203 e. The van der Waals surface area contributed by atoms with Crippen LogP contribution in [0.5, 0.6) is 0 Å². The second-order valence-corrected chi connectivity index (χ2v) is 2.89. The fraction of sp³-hybridized carbons (Fsp3) is 0. The van der Waals surface area contributed by atoms with Crippen LogP contribution in [-0.2, 0) is 0 Å². The molecule has 11 heavy (non-hydrogen) atoms. The number of nitrogen functional groups attached to an aromatic ring is 1. The lowest BCUT2D eigenvalue weighted by Crippen LogP contribution is -1.80. The molecule has 56 valence electrons. The van der Waals surface area contributed by atoms with Gasteiger partial charge in [-0.2, -0.15) is 0 Å². The number of nitrogens with one attached hydrogen (secondary N) is 1. The highest BCUT2D eigenvalue weighted by Gasteiger charge is 2.04. The zero-order chi connectivity index (χ0) is 7.68. The van der Waals surface area contributed by atoms with Gasteiger partial charge in [-0.1, -0.05) is 11.3 Å². The van der Waals surface area contributed by atoms with Crippen molar-refractivity contribution in [3.05, 3.63) is 12.4 Å². The van der Waals surface area contributed by atoms with Crippen LogP contribution in [0.15, 0.2) is 12.4 Å². The van der Waals surface area contributed by atoms with E-state index in [0.29, 0.717) is 16.0 Å². The number of anilines is 1. The first-order chi connectivity index (χ1) is 5.36. The van der Waals surface area contributed by atoms with E-state index in [2.05, 4.69) is 20.2 Å². The largest absolute Gasteiger partial charge is 0.374 e. The van der Waals surface area contributed by atoms with Gasteiger partial charge in [-0.05, 0) is 0 Å². The minimum absolute atomic E-state index is 0.455. The lowest BCUT2D eigenvalue weighted by molar-refractivity contribution is 1.09. The summed E-state index contributed by atoms with van der Waals surface area (Å²) in [5, 5.41) is 8.64. The van der Waals surface area contributed by atoms with E-state index in [4.69, 9.17) is 5.73 Å². The number of H-pyrrole nitrogens is 1. The first kappa shape index (κ1) is 6.29. The molecule has 0 amide bonds. The molecule has 0 unspecified atom stereocenters. The second kappa shape index (κ2) is 2.31. The van der Waals surface area contributed by atoms with Crippen LogP contribution in [0, 0.1) is 0 Å². The molecule has 0 bridgehead atoms. The van der Waals surface area contributed by atoms with E-state index in [9.17, 15) is 0 Å². The van der Waals surface area contributed by atoms with Gasteiger partial charge in [0.1, 0.15) is 0 Å². The summed E-state index contributed by atoms with van der Waals surface area (Å²) in [6.45, 7) is 0. The van der Waals surface area contributed by atoms with E-state index in [1.165, 1.54) is 11.3 Å². The number of hydrogen-bond acceptors (Lipinski definition) is 5. The molecule has 6 heteroatoms. The Morgan fingerprint density at radius 3 is 2.91 bits per heavy atom. The number of nitrogens with zero attached hydrogens (tertiary/aromatic N) is 3. The summed E-state index contributed by atoms with van der Waals surface area (Å²) in [7, 11) is 0. The average molecular weight is 167 g/mol. The van der Waals surface area contributed by atoms with Crippen molar-refractivity contribution < 1.29 is 0 Å². The Morgan fingerprint density at radius 1 is 1.45 bits per heavy atom. The van der Waals surface area contributed by atoms with Gasteiger partial charge in [0.15, 0.2) is 10.8 Å². The first-order valence-electron chi connectivity index (χ1n) is 2.95. The highest BCUT2D eigenvalue weighted by molar-refractivity contribution is 7.18. The number of hydrogen-bond donors (Lipinski definition) is 2. The van der Waals surface area contributed by atoms with Gasteiger partial charge in [0, 0.05) is 12.4 Å². The second-order valence-electron chi connectivity index (χ2n) is 1.88. The van der Waals surface area contributed by atoms with Crippen LogP contribution in [0.25, 0.3) is 10.8 Å². The van der Waals surface area contributed by atoms with Crippen molar-refractivity contribution in [1.29, 1.82) is 0 Å².